The number of aryl methyl sites for hydroxylation is 2. The molecule has 126 valence electrons. The number of hydrogen-bond acceptors (Lipinski definition) is 3. The van der Waals surface area contributed by atoms with E-state index in [9.17, 15) is 21.6 Å². The number of sulfone groups is 1. The molecule has 2 rings (SSSR count). The molecule has 0 aliphatic rings. The molecule has 0 atom stereocenters. The molecular weight excluding hydrogens is 329 g/mol. The molecule has 0 N–H and O–H groups in total. The van der Waals surface area contributed by atoms with Gasteiger partial charge < -0.3 is 0 Å². The van der Waals surface area contributed by atoms with Crippen LogP contribution in [-0.4, -0.2) is 18.2 Å². The standard InChI is InChI=1S/C15H17F3N2O2S/c1-3-4-11-5-7-12(8-6-11)10-23(21,22)13-9-19-20(2)14(13)15(16,17)18/h5-9H,3-4,10H2,1-2H3. The van der Waals surface area contributed by atoms with Gasteiger partial charge in [0.1, 0.15) is 4.90 Å². The van der Waals surface area contributed by atoms with Gasteiger partial charge in [-0.1, -0.05) is 37.6 Å². The predicted molar refractivity (Wildman–Crippen MR) is 79.5 cm³/mol. The van der Waals surface area contributed by atoms with Gasteiger partial charge in [0.15, 0.2) is 15.5 Å². The van der Waals surface area contributed by atoms with Crippen molar-refractivity contribution >= 4 is 9.84 Å². The quantitative estimate of drug-likeness (QED) is 0.834. The highest BCUT2D eigenvalue weighted by molar-refractivity contribution is 7.90. The lowest BCUT2D eigenvalue weighted by molar-refractivity contribution is -0.146. The van der Waals surface area contributed by atoms with Crippen LogP contribution in [0.25, 0.3) is 0 Å². The van der Waals surface area contributed by atoms with E-state index >= 15 is 0 Å². The van der Waals surface area contributed by atoms with Crippen LogP contribution in [0.15, 0.2) is 35.4 Å². The van der Waals surface area contributed by atoms with Gasteiger partial charge in [0.25, 0.3) is 0 Å². The van der Waals surface area contributed by atoms with Gasteiger partial charge in [0, 0.05) is 7.05 Å². The number of rotatable bonds is 5. The fourth-order valence-electron chi connectivity index (χ4n) is 2.36. The molecule has 0 aliphatic heterocycles. The summed E-state index contributed by atoms with van der Waals surface area (Å²) in [6, 6.07) is 6.85. The van der Waals surface area contributed by atoms with Crippen molar-refractivity contribution in [3.8, 4) is 0 Å². The monoisotopic (exact) mass is 346 g/mol. The van der Waals surface area contributed by atoms with Crippen molar-refractivity contribution in [2.24, 2.45) is 7.05 Å². The Labute approximate surface area is 132 Å². The molecule has 0 fully saturated rings. The molecule has 0 radical (unpaired) electrons. The van der Waals surface area contributed by atoms with Crippen LogP contribution in [0, 0.1) is 0 Å². The van der Waals surface area contributed by atoms with Gasteiger partial charge >= 0.3 is 6.18 Å². The van der Waals surface area contributed by atoms with Gasteiger partial charge in [0.2, 0.25) is 0 Å². The van der Waals surface area contributed by atoms with E-state index in [0.29, 0.717) is 10.2 Å². The van der Waals surface area contributed by atoms with E-state index in [1.54, 1.807) is 24.3 Å². The van der Waals surface area contributed by atoms with Gasteiger partial charge in [-0.2, -0.15) is 18.3 Å². The normalized spacial score (nSPS) is 12.6. The van der Waals surface area contributed by atoms with Crippen LogP contribution in [0.5, 0.6) is 0 Å². The molecule has 1 heterocycles. The van der Waals surface area contributed by atoms with Gasteiger partial charge in [-0.25, -0.2) is 8.42 Å². The molecule has 1 aromatic heterocycles. The van der Waals surface area contributed by atoms with E-state index in [2.05, 4.69) is 5.10 Å². The number of nitrogens with zero attached hydrogens (tertiary/aromatic N) is 2. The molecule has 0 bridgehead atoms. The second-order valence-electron chi connectivity index (χ2n) is 5.30. The largest absolute Gasteiger partial charge is 0.434 e. The number of hydrogen-bond donors (Lipinski definition) is 0. The highest BCUT2D eigenvalue weighted by Gasteiger charge is 2.41. The summed E-state index contributed by atoms with van der Waals surface area (Å²) in [6.07, 6.45) is -2.20. The highest BCUT2D eigenvalue weighted by atomic mass is 32.2. The first-order chi connectivity index (χ1) is 10.6. The number of alkyl halides is 3. The molecule has 2 aromatic rings. The summed E-state index contributed by atoms with van der Waals surface area (Å²) in [4.78, 5) is -0.787. The van der Waals surface area contributed by atoms with E-state index in [1.165, 1.54) is 0 Å². The summed E-state index contributed by atoms with van der Waals surface area (Å²) in [5, 5.41) is 3.45. The molecule has 0 spiro atoms. The Bertz CT molecular complexity index is 778. The highest BCUT2D eigenvalue weighted by Crippen LogP contribution is 2.34. The third-order valence-electron chi connectivity index (χ3n) is 3.43. The van der Waals surface area contributed by atoms with E-state index in [1.807, 2.05) is 6.92 Å². The molecule has 0 unspecified atom stereocenters. The zero-order chi connectivity index (χ0) is 17.3. The molecule has 0 aliphatic carbocycles. The van der Waals surface area contributed by atoms with Crippen LogP contribution in [0.2, 0.25) is 0 Å². The lowest BCUT2D eigenvalue weighted by atomic mass is 10.1. The number of aromatic nitrogens is 2. The smallest absolute Gasteiger partial charge is 0.262 e. The Hall–Kier alpha value is -1.83. The predicted octanol–water partition coefficient (Wildman–Crippen LogP) is 3.37. The fourth-order valence-corrected chi connectivity index (χ4v) is 3.89. The van der Waals surface area contributed by atoms with Crippen LogP contribution < -0.4 is 0 Å². The number of benzene rings is 1. The third-order valence-corrected chi connectivity index (χ3v) is 5.11. The maximum absolute atomic E-state index is 13.0. The zero-order valence-electron chi connectivity index (χ0n) is 12.8. The van der Waals surface area contributed by atoms with E-state index in [0.717, 1.165) is 31.6 Å². The molecule has 0 saturated heterocycles. The van der Waals surface area contributed by atoms with Crippen molar-refractivity contribution in [1.82, 2.24) is 9.78 Å². The molecule has 0 saturated carbocycles. The van der Waals surface area contributed by atoms with Gasteiger partial charge in [-0.05, 0) is 17.5 Å². The molecule has 8 heteroatoms. The van der Waals surface area contributed by atoms with E-state index < -0.39 is 32.4 Å². The molecule has 23 heavy (non-hydrogen) atoms. The lowest BCUT2D eigenvalue weighted by Crippen LogP contribution is -2.17. The molecule has 1 aromatic carbocycles. The Morgan fingerprint density at radius 2 is 1.70 bits per heavy atom. The van der Waals surface area contributed by atoms with Crippen LogP contribution in [0.1, 0.15) is 30.2 Å². The summed E-state index contributed by atoms with van der Waals surface area (Å²) in [6.45, 7) is 2.03. The van der Waals surface area contributed by atoms with Crippen molar-refractivity contribution in [2.75, 3.05) is 0 Å². The number of halogens is 3. The van der Waals surface area contributed by atoms with Crippen LogP contribution in [-0.2, 0) is 35.2 Å². The van der Waals surface area contributed by atoms with Crippen molar-refractivity contribution < 1.29 is 21.6 Å². The fraction of sp³-hybridized carbons (Fsp3) is 0.400. The Morgan fingerprint density at radius 3 is 2.22 bits per heavy atom. The maximum Gasteiger partial charge on any atom is 0.434 e. The van der Waals surface area contributed by atoms with Crippen LogP contribution in [0.3, 0.4) is 0 Å². The topological polar surface area (TPSA) is 52.0 Å². The van der Waals surface area contributed by atoms with Crippen LogP contribution >= 0.6 is 0 Å². The van der Waals surface area contributed by atoms with Gasteiger partial charge in [-0.3, -0.25) is 4.68 Å². The Balaban J connectivity index is 2.33. The van der Waals surface area contributed by atoms with E-state index in [4.69, 9.17) is 0 Å². The zero-order valence-corrected chi connectivity index (χ0v) is 13.6. The van der Waals surface area contributed by atoms with Gasteiger partial charge in [-0.15, -0.1) is 0 Å². The molecule has 4 nitrogen and oxygen atoms in total. The summed E-state index contributed by atoms with van der Waals surface area (Å²) in [5.41, 5.74) is 0.257. The second kappa shape index (κ2) is 6.35. The molecular formula is C15H17F3N2O2S. The maximum atomic E-state index is 13.0. The minimum absolute atomic E-state index is 0.446. The summed E-state index contributed by atoms with van der Waals surface area (Å²) in [5.74, 6) is -0.492. The molecule has 0 amide bonds. The lowest BCUT2D eigenvalue weighted by Gasteiger charge is -2.10. The first kappa shape index (κ1) is 17.5. The summed E-state index contributed by atoms with van der Waals surface area (Å²) in [7, 11) is -3.06. The second-order valence-corrected chi connectivity index (χ2v) is 7.26. The van der Waals surface area contributed by atoms with Crippen molar-refractivity contribution in [1.29, 1.82) is 0 Å². The van der Waals surface area contributed by atoms with Crippen molar-refractivity contribution in [3.63, 3.8) is 0 Å². The average Bonchev–Trinajstić information content (AvgIpc) is 2.84. The Kier molecular flexibility index (Phi) is 4.84. The minimum Gasteiger partial charge on any atom is -0.262 e. The minimum atomic E-state index is -4.78. The first-order valence-electron chi connectivity index (χ1n) is 7.05. The van der Waals surface area contributed by atoms with Crippen LogP contribution in [0.4, 0.5) is 13.2 Å². The first-order valence-corrected chi connectivity index (χ1v) is 8.70. The summed E-state index contributed by atoms with van der Waals surface area (Å²) < 4.78 is 64.3. The van der Waals surface area contributed by atoms with Crippen molar-refractivity contribution in [3.05, 3.63) is 47.3 Å². The van der Waals surface area contributed by atoms with Crippen molar-refractivity contribution in [2.45, 2.75) is 36.6 Å². The average molecular weight is 346 g/mol. The van der Waals surface area contributed by atoms with E-state index in [-0.39, 0.29) is 0 Å². The third kappa shape index (κ3) is 3.93. The SMILES string of the molecule is CCCc1ccc(CS(=O)(=O)c2cnn(C)c2C(F)(F)F)cc1. The Morgan fingerprint density at radius 1 is 1.13 bits per heavy atom. The van der Waals surface area contributed by atoms with Gasteiger partial charge in [0.05, 0.1) is 11.9 Å². The summed E-state index contributed by atoms with van der Waals surface area (Å²) >= 11 is 0.